The summed E-state index contributed by atoms with van der Waals surface area (Å²) in [6.45, 7) is 13.8. The molecule has 4 heterocycles. The summed E-state index contributed by atoms with van der Waals surface area (Å²) in [5, 5.41) is 0. The van der Waals surface area contributed by atoms with E-state index in [9.17, 15) is 4.79 Å². The summed E-state index contributed by atoms with van der Waals surface area (Å²) in [6.07, 6.45) is 8.43. The average Bonchev–Trinajstić information content (AvgIpc) is 2.78. The van der Waals surface area contributed by atoms with Gasteiger partial charge in [0.05, 0.1) is 17.8 Å². The summed E-state index contributed by atoms with van der Waals surface area (Å²) in [6, 6.07) is 4.01. The number of piperidine rings is 2. The van der Waals surface area contributed by atoms with Gasteiger partial charge in [0, 0.05) is 45.5 Å². The zero-order chi connectivity index (χ0) is 21.8. The lowest BCUT2D eigenvalue weighted by molar-refractivity contribution is -0.0690. The first-order valence-corrected chi connectivity index (χ1v) is 12.4. The van der Waals surface area contributed by atoms with Gasteiger partial charge in [0.15, 0.2) is 0 Å². The number of amides is 1. The fraction of sp³-hybridized carbons (Fsp3) is 0.760. The van der Waals surface area contributed by atoms with Crippen LogP contribution < -0.4 is 4.90 Å². The lowest BCUT2D eigenvalue weighted by atomic mass is 9.93. The van der Waals surface area contributed by atoms with E-state index in [1.165, 1.54) is 25.8 Å². The van der Waals surface area contributed by atoms with Crippen LogP contribution in [0.4, 0.5) is 5.82 Å². The number of carbonyl (C=O) groups is 1. The lowest BCUT2D eigenvalue weighted by Gasteiger charge is -2.37. The van der Waals surface area contributed by atoms with Gasteiger partial charge in [-0.3, -0.25) is 9.69 Å². The van der Waals surface area contributed by atoms with Crippen LogP contribution in [-0.2, 0) is 4.74 Å². The summed E-state index contributed by atoms with van der Waals surface area (Å²) >= 11 is 0. The van der Waals surface area contributed by atoms with Crippen LogP contribution in [0.25, 0.3) is 0 Å². The highest BCUT2D eigenvalue weighted by atomic mass is 16.5. The van der Waals surface area contributed by atoms with Crippen molar-refractivity contribution in [3.8, 4) is 0 Å². The van der Waals surface area contributed by atoms with E-state index < -0.39 is 0 Å². The Hall–Kier alpha value is -1.66. The van der Waals surface area contributed by atoms with Crippen LogP contribution in [0.5, 0.6) is 0 Å². The number of rotatable bonds is 5. The third-order valence-corrected chi connectivity index (χ3v) is 7.35. The van der Waals surface area contributed by atoms with Gasteiger partial charge in [0.1, 0.15) is 5.82 Å². The van der Waals surface area contributed by atoms with Crippen molar-refractivity contribution < 1.29 is 9.53 Å². The second-order valence-electron chi connectivity index (χ2n) is 10.1. The molecular weight excluding hydrogens is 388 g/mol. The Labute approximate surface area is 187 Å². The minimum absolute atomic E-state index is 0.136. The van der Waals surface area contributed by atoms with Gasteiger partial charge >= 0.3 is 0 Å². The molecule has 1 aromatic heterocycles. The maximum absolute atomic E-state index is 12.7. The van der Waals surface area contributed by atoms with Crippen LogP contribution in [0.15, 0.2) is 18.3 Å². The minimum atomic E-state index is 0.136. The molecule has 4 rings (SSSR count). The van der Waals surface area contributed by atoms with E-state index in [0.29, 0.717) is 12.2 Å². The Morgan fingerprint density at radius 1 is 1.00 bits per heavy atom. The Balaban J connectivity index is 1.22. The highest BCUT2D eigenvalue weighted by molar-refractivity contribution is 5.94. The minimum Gasteiger partial charge on any atom is -0.373 e. The van der Waals surface area contributed by atoms with Crippen molar-refractivity contribution in [1.29, 1.82) is 0 Å². The molecule has 3 aliphatic rings. The molecule has 3 saturated heterocycles. The van der Waals surface area contributed by atoms with Gasteiger partial charge in [-0.2, -0.15) is 0 Å². The molecule has 172 valence electrons. The van der Waals surface area contributed by atoms with Crippen LogP contribution in [0.2, 0.25) is 0 Å². The molecule has 31 heavy (non-hydrogen) atoms. The molecule has 3 aliphatic heterocycles. The summed E-state index contributed by atoms with van der Waals surface area (Å²) in [4.78, 5) is 24.3. The van der Waals surface area contributed by atoms with E-state index in [1.807, 2.05) is 17.0 Å². The number of nitrogens with zero attached hydrogens (tertiary/aromatic N) is 4. The first-order chi connectivity index (χ1) is 15.0. The number of ether oxygens (including phenoxy) is 1. The molecule has 0 aliphatic carbocycles. The van der Waals surface area contributed by atoms with E-state index in [0.717, 1.165) is 75.3 Å². The molecule has 0 N–H and O–H groups in total. The van der Waals surface area contributed by atoms with Gasteiger partial charge in [-0.25, -0.2) is 4.98 Å². The van der Waals surface area contributed by atoms with Crippen molar-refractivity contribution in [3.63, 3.8) is 0 Å². The zero-order valence-electron chi connectivity index (χ0n) is 19.6. The number of hydrogen-bond acceptors (Lipinski definition) is 5. The number of anilines is 1. The quantitative estimate of drug-likeness (QED) is 0.716. The zero-order valence-corrected chi connectivity index (χ0v) is 19.6. The molecule has 0 saturated carbocycles. The molecule has 2 unspecified atom stereocenters. The van der Waals surface area contributed by atoms with E-state index in [4.69, 9.17) is 4.74 Å². The van der Waals surface area contributed by atoms with Crippen LogP contribution in [0, 0.1) is 11.8 Å². The number of pyridine rings is 1. The van der Waals surface area contributed by atoms with Crippen molar-refractivity contribution >= 4 is 11.7 Å². The van der Waals surface area contributed by atoms with Gasteiger partial charge in [-0.1, -0.05) is 6.92 Å². The van der Waals surface area contributed by atoms with E-state index in [-0.39, 0.29) is 5.91 Å². The molecule has 6 nitrogen and oxygen atoms in total. The predicted octanol–water partition coefficient (Wildman–Crippen LogP) is 3.67. The van der Waals surface area contributed by atoms with Crippen molar-refractivity contribution in [3.05, 3.63) is 23.9 Å². The van der Waals surface area contributed by atoms with E-state index >= 15 is 0 Å². The Bertz CT molecular complexity index is 699. The standard InChI is InChI=1S/C25H40N4O2/c1-19-6-12-29(13-7-19)25(30)23-4-5-24(26-16-23)28-14-9-22(10-15-28)8-11-27-17-20(2)31-21(3)18-27/h4-5,16,19-22H,6-15,17-18H2,1-3H3. The van der Waals surface area contributed by atoms with Crippen molar-refractivity contribution in [2.24, 2.45) is 11.8 Å². The third-order valence-electron chi connectivity index (χ3n) is 7.35. The van der Waals surface area contributed by atoms with Crippen LogP contribution in [0.3, 0.4) is 0 Å². The Morgan fingerprint density at radius 2 is 1.68 bits per heavy atom. The van der Waals surface area contributed by atoms with Gasteiger partial charge < -0.3 is 14.5 Å². The topological polar surface area (TPSA) is 48.9 Å². The SMILES string of the molecule is CC1CCN(C(=O)c2ccc(N3CCC(CCN4CC(C)OC(C)C4)CC3)nc2)CC1. The maximum Gasteiger partial charge on any atom is 0.255 e. The van der Waals surface area contributed by atoms with Gasteiger partial charge in [-0.15, -0.1) is 0 Å². The molecule has 0 bridgehead atoms. The number of aromatic nitrogens is 1. The fourth-order valence-electron chi connectivity index (χ4n) is 5.38. The molecule has 2 atom stereocenters. The summed E-state index contributed by atoms with van der Waals surface area (Å²) < 4.78 is 5.85. The molecule has 1 aromatic rings. The lowest BCUT2D eigenvalue weighted by Crippen LogP contribution is -2.46. The largest absolute Gasteiger partial charge is 0.373 e. The third kappa shape index (κ3) is 5.98. The van der Waals surface area contributed by atoms with Crippen molar-refractivity contribution in [1.82, 2.24) is 14.8 Å². The van der Waals surface area contributed by atoms with Gasteiger partial charge in [-0.05, 0) is 76.5 Å². The molecule has 0 aromatic carbocycles. The molecular formula is C25H40N4O2. The molecule has 0 spiro atoms. The molecule has 3 fully saturated rings. The molecule has 1 amide bonds. The van der Waals surface area contributed by atoms with Crippen molar-refractivity contribution in [2.75, 3.05) is 50.7 Å². The number of carbonyl (C=O) groups excluding carboxylic acids is 1. The predicted molar refractivity (Wildman–Crippen MR) is 125 cm³/mol. The van der Waals surface area contributed by atoms with E-state index in [2.05, 4.69) is 35.6 Å². The Kier molecular flexibility index (Phi) is 7.49. The smallest absolute Gasteiger partial charge is 0.255 e. The van der Waals surface area contributed by atoms with Gasteiger partial charge in [0.25, 0.3) is 5.91 Å². The van der Waals surface area contributed by atoms with Crippen LogP contribution in [-0.4, -0.2) is 78.7 Å². The summed E-state index contributed by atoms with van der Waals surface area (Å²) in [7, 11) is 0. The van der Waals surface area contributed by atoms with Crippen LogP contribution in [0.1, 0.15) is 63.2 Å². The fourth-order valence-corrected chi connectivity index (χ4v) is 5.38. The molecule has 0 radical (unpaired) electrons. The highest BCUT2D eigenvalue weighted by Gasteiger charge is 2.25. The second-order valence-corrected chi connectivity index (χ2v) is 10.1. The maximum atomic E-state index is 12.7. The van der Waals surface area contributed by atoms with Gasteiger partial charge in [0.2, 0.25) is 0 Å². The number of hydrogen-bond donors (Lipinski definition) is 0. The monoisotopic (exact) mass is 428 g/mol. The first kappa shape index (κ1) is 22.5. The summed E-state index contributed by atoms with van der Waals surface area (Å²) in [5.74, 6) is 2.68. The molecule has 6 heteroatoms. The number of morpholine rings is 1. The first-order valence-electron chi connectivity index (χ1n) is 12.4. The second kappa shape index (κ2) is 10.3. The van der Waals surface area contributed by atoms with Crippen molar-refractivity contribution in [2.45, 2.75) is 65.1 Å². The van der Waals surface area contributed by atoms with Crippen LogP contribution >= 0.6 is 0 Å². The number of likely N-dealkylation sites (tertiary alicyclic amines) is 1. The van der Waals surface area contributed by atoms with E-state index in [1.54, 1.807) is 6.20 Å². The normalized spacial score (nSPS) is 26.9. The summed E-state index contributed by atoms with van der Waals surface area (Å²) in [5.41, 5.74) is 0.724. The Morgan fingerprint density at radius 3 is 2.29 bits per heavy atom. The average molecular weight is 429 g/mol. The highest BCUT2D eigenvalue weighted by Crippen LogP contribution is 2.25.